The molecule has 0 heterocycles. The molecule has 5 heteroatoms. The van der Waals surface area contributed by atoms with Crippen LogP contribution in [0, 0.1) is 0 Å². The van der Waals surface area contributed by atoms with E-state index in [2.05, 4.69) is 17.5 Å². The van der Waals surface area contributed by atoms with E-state index in [1.807, 2.05) is 6.07 Å². The van der Waals surface area contributed by atoms with E-state index in [0.717, 1.165) is 24.8 Å². The first-order chi connectivity index (χ1) is 9.71. The van der Waals surface area contributed by atoms with Crippen molar-refractivity contribution in [3.63, 3.8) is 0 Å². The molecule has 1 amide bonds. The quantitative estimate of drug-likeness (QED) is 0.452. The second-order valence-electron chi connectivity index (χ2n) is 4.36. The molecule has 0 saturated carbocycles. The van der Waals surface area contributed by atoms with Crippen molar-refractivity contribution in [1.82, 2.24) is 5.43 Å². The maximum atomic E-state index is 11.5. The van der Waals surface area contributed by atoms with Crippen LogP contribution in [0.15, 0.2) is 23.3 Å². The first kappa shape index (κ1) is 16.0. The molecule has 0 saturated heterocycles. The van der Waals surface area contributed by atoms with Crippen molar-refractivity contribution >= 4 is 12.1 Å². The van der Waals surface area contributed by atoms with Gasteiger partial charge in [0.05, 0.1) is 20.4 Å². The van der Waals surface area contributed by atoms with Crippen LogP contribution in [0.3, 0.4) is 0 Å². The van der Waals surface area contributed by atoms with E-state index >= 15 is 0 Å². The van der Waals surface area contributed by atoms with Gasteiger partial charge in [0, 0.05) is 6.42 Å². The van der Waals surface area contributed by atoms with Gasteiger partial charge in [-0.3, -0.25) is 4.79 Å². The third kappa shape index (κ3) is 5.30. The van der Waals surface area contributed by atoms with E-state index in [1.54, 1.807) is 32.6 Å². The van der Waals surface area contributed by atoms with E-state index in [1.165, 1.54) is 0 Å². The molecule has 0 aliphatic carbocycles. The van der Waals surface area contributed by atoms with Gasteiger partial charge < -0.3 is 9.47 Å². The highest BCUT2D eigenvalue weighted by atomic mass is 16.5. The van der Waals surface area contributed by atoms with Crippen molar-refractivity contribution < 1.29 is 14.3 Å². The number of hydrogen-bond acceptors (Lipinski definition) is 4. The molecule has 5 nitrogen and oxygen atoms in total. The van der Waals surface area contributed by atoms with E-state index < -0.39 is 0 Å². The molecule has 1 rings (SSSR count). The van der Waals surface area contributed by atoms with Crippen molar-refractivity contribution in [3.05, 3.63) is 23.8 Å². The van der Waals surface area contributed by atoms with Crippen molar-refractivity contribution in [2.24, 2.45) is 5.10 Å². The fourth-order valence-electron chi connectivity index (χ4n) is 1.70. The number of carbonyl (C=O) groups is 1. The van der Waals surface area contributed by atoms with Crippen LogP contribution in [0.4, 0.5) is 0 Å². The standard InChI is InChI=1S/C15H22N2O3/c1-4-5-6-7-15(18)17-16-11-12-8-9-13(19-2)14(10-12)20-3/h8-11H,4-7H2,1-3H3,(H,17,18). The lowest BCUT2D eigenvalue weighted by atomic mass is 10.2. The smallest absolute Gasteiger partial charge is 0.240 e. The average Bonchev–Trinajstić information content (AvgIpc) is 2.47. The lowest BCUT2D eigenvalue weighted by Crippen LogP contribution is -2.16. The van der Waals surface area contributed by atoms with E-state index in [9.17, 15) is 4.79 Å². The molecule has 0 aliphatic rings. The molecule has 0 aromatic heterocycles. The van der Waals surface area contributed by atoms with Crippen LogP contribution >= 0.6 is 0 Å². The number of ether oxygens (including phenoxy) is 2. The van der Waals surface area contributed by atoms with Gasteiger partial charge in [-0.2, -0.15) is 5.10 Å². The van der Waals surface area contributed by atoms with Crippen LogP contribution in [0.1, 0.15) is 38.2 Å². The number of hydrogen-bond donors (Lipinski definition) is 1. The third-order valence-corrected chi connectivity index (χ3v) is 2.82. The average molecular weight is 278 g/mol. The second kappa shape index (κ2) is 8.96. The summed E-state index contributed by atoms with van der Waals surface area (Å²) in [5.41, 5.74) is 3.34. The summed E-state index contributed by atoms with van der Waals surface area (Å²) in [6.45, 7) is 2.10. The van der Waals surface area contributed by atoms with Crippen molar-refractivity contribution in [2.75, 3.05) is 14.2 Å². The molecule has 0 radical (unpaired) electrons. The maximum Gasteiger partial charge on any atom is 0.240 e. The lowest BCUT2D eigenvalue weighted by Gasteiger charge is -2.07. The van der Waals surface area contributed by atoms with Crippen LogP contribution in [-0.4, -0.2) is 26.3 Å². The van der Waals surface area contributed by atoms with Crippen molar-refractivity contribution in [2.45, 2.75) is 32.6 Å². The van der Waals surface area contributed by atoms with Crippen LogP contribution < -0.4 is 14.9 Å². The molecular weight excluding hydrogens is 256 g/mol. The van der Waals surface area contributed by atoms with Crippen molar-refractivity contribution in [3.8, 4) is 11.5 Å². The predicted octanol–water partition coefficient (Wildman–Crippen LogP) is 2.73. The Balaban J connectivity index is 2.51. The minimum atomic E-state index is -0.0600. The summed E-state index contributed by atoms with van der Waals surface area (Å²) in [6, 6.07) is 5.43. The second-order valence-corrected chi connectivity index (χ2v) is 4.36. The Morgan fingerprint density at radius 3 is 2.65 bits per heavy atom. The van der Waals surface area contributed by atoms with Crippen LogP contribution in [0.5, 0.6) is 11.5 Å². The third-order valence-electron chi connectivity index (χ3n) is 2.82. The zero-order chi connectivity index (χ0) is 14.8. The first-order valence-electron chi connectivity index (χ1n) is 6.75. The highest BCUT2D eigenvalue weighted by Gasteiger charge is 2.03. The lowest BCUT2D eigenvalue weighted by molar-refractivity contribution is -0.121. The summed E-state index contributed by atoms with van der Waals surface area (Å²) in [5, 5.41) is 3.93. The molecule has 0 fully saturated rings. The minimum absolute atomic E-state index is 0.0600. The Morgan fingerprint density at radius 2 is 2.00 bits per heavy atom. The molecule has 1 aromatic rings. The molecule has 0 atom stereocenters. The number of unbranched alkanes of at least 4 members (excludes halogenated alkanes) is 2. The molecule has 0 bridgehead atoms. The Hall–Kier alpha value is -2.04. The highest BCUT2D eigenvalue weighted by Crippen LogP contribution is 2.26. The van der Waals surface area contributed by atoms with Crippen LogP contribution in [0.25, 0.3) is 0 Å². The number of benzene rings is 1. The SMILES string of the molecule is CCCCCC(=O)NN=Cc1ccc(OC)c(OC)c1. The van der Waals surface area contributed by atoms with Crippen LogP contribution in [0.2, 0.25) is 0 Å². The van der Waals surface area contributed by atoms with E-state index in [0.29, 0.717) is 17.9 Å². The summed E-state index contributed by atoms with van der Waals surface area (Å²) >= 11 is 0. The van der Waals surface area contributed by atoms with Gasteiger partial charge in [-0.15, -0.1) is 0 Å². The molecule has 1 N–H and O–H groups in total. The Morgan fingerprint density at radius 1 is 1.25 bits per heavy atom. The fourth-order valence-corrected chi connectivity index (χ4v) is 1.70. The number of carbonyl (C=O) groups excluding carboxylic acids is 1. The molecule has 110 valence electrons. The van der Waals surface area contributed by atoms with Gasteiger partial charge in [0.1, 0.15) is 0 Å². The first-order valence-corrected chi connectivity index (χ1v) is 6.75. The molecular formula is C15H22N2O3. The number of methoxy groups -OCH3 is 2. The highest BCUT2D eigenvalue weighted by molar-refractivity contribution is 5.83. The topological polar surface area (TPSA) is 59.9 Å². The van der Waals surface area contributed by atoms with Gasteiger partial charge in [0.2, 0.25) is 5.91 Å². The number of nitrogens with one attached hydrogen (secondary N) is 1. The van der Waals surface area contributed by atoms with E-state index in [-0.39, 0.29) is 5.91 Å². The molecule has 0 spiro atoms. The number of amides is 1. The Labute approximate surface area is 120 Å². The summed E-state index contributed by atoms with van der Waals surface area (Å²) in [7, 11) is 3.16. The molecule has 0 unspecified atom stereocenters. The van der Waals surface area contributed by atoms with Gasteiger partial charge in [0.15, 0.2) is 11.5 Å². The largest absolute Gasteiger partial charge is 0.493 e. The summed E-state index contributed by atoms with van der Waals surface area (Å²) < 4.78 is 10.3. The normalized spacial score (nSPS) is 10.6. The van der Waals surface area contributed by atoms with Crippen molar-refractivity contribution in [1.29, 1.82) is 0 Å². The summed E-state index contributed by atoms with van der Waals surface area (Å²) in [4.78, 5) is 11.5. The van der Waals surface area contributed by atoms with Crippen LogP contribution in [-0.2, 0) is 4.79 Å². The Bertz CT molecular complexity index is 458. The zero-order valence-corrected chi connectivity index (χ0v) is 12.3. The van der Waals surface area contributed by atoms with Gasteiger partial charge in [0.25, 0.3) is 0 Å². The minimum Gasteiger partial charge on any atom is -0.493 e. The summed E-state index contributed by atoms with van der Waals surface area (Å²) in [5.74, 6) is 1.23. The Kier molecular flexibility index (Phi) is 7.17. The predicted molar refractivity (Wildman–Crippen MR) is 79.4 cm³/mol. The number of hydrazone groups is 1. The van der Waals surface area contributed by atoms with Gasteiger partial charge >= 0.3 is 0 Å². The number of nitrogens with zero attached hydrogens (tertiary/aromatic N) is 1. The van der Waals surface area contributed by atoms with E-state index in [4.69, 9.17) is 9.47 Å². The van der Waals surface area contributed by atoms with Gasteiger partial charge in [-0.05, 0) is 30.2 Å². The fraction of sp³-hybridized carbons (Fsp3) is 0.467. The summed E-state index contributed by atoms with van der Waals surface area (Å²) in [6.07, 6.45) is 5.15. The molecule has 20 heavy (non-hydrogen) atoms. The zero-order valence-electron chi connectivity index (χ0n) is 12.3. The molecule has 0 aliphatic heterocycles. The maximum absolute atomic E-state index is 11.5. The number of rotatable bonds is 8. The van der Waals surface area contributed by atoms with Gasteiger partial charge in [-0.25, -0.2) is 5.43 Å². The monoisotopic (exact) mass is 278 g/mol. The molecule has 1 aromatic carbocycles. The van der Waals surface area contributed by atoms with Gasteiger partial charge in [-0.1, -0.05) is 19.8 Å².